The largest absolute Gasteiger partial charge is 0.383 e. The van der Waals surface area contributed by atoms with Crippen LogP contribution in [-0.4, -0.2) is 61.9 Å². The number of benzene rings is 1. The summed E-state index contributed by atoms with van der Waals surface area (Å²) < 4.78 is 5.38. The summed E-state index contributed by atoms with van der Waals surface area (Å²) in [5.41, 5.74) is 13.5. The maximum atomic E-state index is 6.56. The molecule has 1 aromatic carbocycles. The van der Waals surface area contributed by atoms with Gasteiger partial charge in [0, 0.05) is 56.8 Å². The number of hydrogen-bond acceptors (Lipinski definition) is 6. The summed E-state index contributed by atoms with van der Waals surface area (Å²) in [4.78, 5) is 9.84. The van der Waals surface area contributed by atoms with Crippen LogP contribution in [0.2, 0.25) is 0 Å². The molecule has 1 saturated heterocycles. The van der Waals surface area contributed by atoms with Gasteiger partial charge in [-0.3, -0.25) is 9.88 Å². The predicted octanol–water partition coefficient (Wildman–Crippen LogP) is 3.05. The number of nitrogens with zero attached hydrogens (tertiary/aromatic N) is 3. The normalized spacial score (nSPS) is 24.4. The standard InChI is InChI=1S/C27H39N5O/c1-31(25-10-3-6-20-8-5-13-29-26(20)25)18-22-16-23-21(17-30-22)7-4-9-24(23)32-14-11-27(28,12-15-32)19-33-2/h4-5,7-9,13,22,25,30H,3,6,10-12,14-19,28H2,1-2H3/t22-,25+/m1/s1. The smallest absolute Gasteiger partial charge is 0.0643 e. The zero-order valence-electron chi connectivity index (χ0n) is 20.2. The summed E-state index contributed by atoms with van der Waals surface area (Å²) >= 11 is 0. The lowest BCUT2D eigenvalue weighted by molar-refractivity contribution is 0.116. The Morgan fingerprint density at radius 3 is 2.85 bits per heavy atom. The van der Waals surface area contributed by atoms with Crippen molar-refractivity contribution in [1.82, 2.24) is 15.2 Å². The molecule has 33 heavy (non-hydrogen) atoms. The first kappa shape index (κ1) is 22.8. The number of nitrogens with one attached hydrogen (secondary N) is 1. The van der Waals surface area contributed by atoms with Crippen molar-refractivity contribution in [1.29, 1.82) is 0 Å². The van der Waals surface area contributed by atoms with Gasteiger partial charge in [0.15, 0.2) is 0 Å². The quantitative estimate of drug-likeness (QED) is 0.707. The molecular formula is C27H39N5O. The number of pyridine rings is 1. The lowest BCUT2D eigenvalue weighted by atomic mass is 9.87. The molecule has 6 nitrogen and oxygen atoms in total. The van der Waals surface area contributed by atoms with Gasteiger partial charge in [-0.05, 0) is 74.4 Å². The summed E-state index contributed by atoms with van der Waals surface area (Å²) in [7, 11) is 4.03. The molecule has 0 saturated carbocycles. The van der Waals surface area contributed by atoms with Crippen molar-refractivity contribution in [2.24, 2.45) is 5.73 Å². The van der Waals surface area contributed by atoms with Crippen LogP contribution < -0.4 is 16.0 Å². The molecule has 3 heterocycles. The van der Waals surface area contributed by atoms with Crippen LogP contribution in [0.25, 0.3) is 0 Å². The number of ether oxygens (including phenoxy) is 1. The van der Waals surface area contributed by atoms with Crippen molar-refractivity contribution in [2.75, 3.05) is 45.3 Å². The molecular weight excluding hydrogens is 410 g/mol. The molecule has 1 fully saturated rings. The number of fused-ring (bicyclic) bond motifs is 2. The minimum absolute atomic E-state index is 0.183. The summed E-state index contributed by atoms with van der Waals surface area (Å²) in [5.74, 6) is 0. The highest BCUT2D eigenvalue weighted by Crippen LogP contribution is 2.34. The lowest BCUT2D eigenvalue weighted by Gasteiger charge is -2.42. The molecule has 5 rings (SSSR count). The Morgan fingerprint density at radius 2 is 2.03 bits per heavy atom. The third-order valence-electron chi connectivity index (χ3n) is 8.02. The van der Waals surface area contributed by atoms with Gasteiger partial charge in [-0.15, -0.1) is 0 Å². The van der Waals surface area contributed by atoms with Crippen LogP contribution in [0.15, 0.2) is 36.5 Å². The van der Waals surface area contributed by atoms with Crippen LogP contribution in [0.1, 0.15) is 54.1 Å². The average molecular weight is 450 g/mol. The average Bonchev–Trinajstić information content (AvgIpc) is 2.84. The highest BCUT2D eigenvalue weighted by atomic mass is 16.5. The number of rotatable bonds is 6. The number of methoxy groups -OCH3 is 1. The first-order chi connectivity index (χ1) is 16.1. The third kappa shape index (κ3) is 4.80. The van der Waals surface area contributed by atoms with Gasteiger partial charge in [0.2, 0.25) is 0 Å². The van der Waals surface area contributed by atoms with Crippen molar-refractivity contribution < 1.29 is 4.74 Å². The van der Waals surface area contributed by atoms with E-state index in [0.717, 1.165) is 51.9 Å². The van der Waals surface area contributed by atoms with E-state index < -0.39 is 0 Å². The molecule has 0 spiro atoms. The molecule has 2 aliphatic heterocycles. The highest BCUT2D eigenvalue weighted by molar-refractivity contribution is 5.58. The van der Waals surface area contributed by atoms with Gasteiger partial charge in [0.25, 0.3) is 0 Å². The Kier molecular flexibility index (Phi) is 6.70. The summed E-state index contributed by atoms with van der Waals surface area (Å²) in [6, 6.07) is 12.0. The van der Waals surface area contributed by atoms with E-state index in [1.54, 1.807) is 7.11 Å². The maximum absolute atomic E-state index is 6.56. The van der Waals surface area contributed by atoms with Crippen LogP contribution in [0.3, 0.4) is 0 Å². The van der Waals surface area contributed by atoms with E-state index in [1.165, 1.54) is 40.9 Å². The molecule has 0 bridgehead atoms. The van der Waals surface area contributed by atoms with E-state index in [-0.39, 0.29) is 5.54 Å². The van der Waals surface area contributed by atoms with E-state index >= 15 is 0 Å². The minimum atomic E-state index is -0.183. The van der Waals surface area contributed by atoms with Crippen molar-refractivity contribution in [3.05, 3.63) is 58.9 Å². The zero-order chi connectivity index (χ0) is 22.8. The molecule has 178 valence electrons. The van der Waals surface area contributed by atoms with Gasteiger partial charge in [0.1, 0.15) is 0 Å². The van der Waals surface area contributed by atoms with Gasteiger partial charge in [0.05, 0.1) is 18.3 Å². The first-order valence-electron chi connectivity index (χ1n) is 12.6. The molecule has 3 aliphatic rings. The number of anilines is 1. The van der Waals surface area contributed by atoms with E-state index in [9.17, 15) is 0 Å². The van der Waals surface area contributed by atoms with Crippen molar-refractivity contribution in [3.8, 4) is 0 Å². The molecule has 1 aliphatic carbocycles. The number of piperidine rings is 1. The van der Waals surface area contributed by atoms with E-state index in [1.807, 2.05) is 6.20 Å². The predicted molar refractivity (Wildman–Crippen MR) is 134 cm³/mol. The SMILES string of the molecule is COCC1(N)CCN(c2cccc3c2C[C@H](CN(C)[C@H]2CCCc4cccnc42)NC3)CC1. The second kappa shape index (κ2) is 9.71. The minimum Gasteiger partial charge on any atom is -0.383 e. The van der Waals surface area contributed by atoms with Gasteiger partial charge >= 0.3 is 0 Å². The molecule has 2 atom stereocenters. The molecule has 2 aromatic rings. The monoisotopic (exact) mass is 449 g/mol. The van der Waals surface area contributed by atoms with E-state index in [2.05, 4.69) is 52.5 Å². The van der Waals surface area contributed by atoms with Gasteiger partial charge < -0.3 is 20.7 Å². The van der Waals surface area contributed by atoms with Crippen LogP contribution in [0.4, 0.5) is 5.69 Å². The van der Waals surface area contributed by atoms with E-state index in [0.29, 0.717) is 18.7 Å². The fraction of sp³-hybridized carbons (Fsp3) is 0.593. The summed E-state index contributed by atoms with van der Waals surface area (Å²) in [5, 5.41) is 3.81. The van der Waals surface area contributed by atoms with Crippen molar-refractivity contribution in [2.45, 2.75) is 62.7 Å². The van der Waals surface area contributed by atoms with E-state index in [4.69, 9.17) is 15.5 Å². The molecule has 3 N–H and O–H groups in total. The Labute approximate surface area is 198 Å². The third-order valence-corrected chi connectivity index (χ3v) is 8.02. The Morgan fingerprint density at radius 1 is 1.21 bits per heavy atom. The van der Waals surface area contributed by atoms with Crippen LogP contribution in [0.5, 0.6) is 0 Å². The van der Waals surface area contributed by atoms with Crippen LogP contribution >= 0.6 is 0 Å². The first-order valence-corrected chi connectivity index (χ1v) is 12.6. The molecule has 6 heteroatoms. The van der Waals surface area contributed by atoms with Crippen LogP contribution in [-0.2, 0) is 24.1 Å². The highest BCUT2D eigenvalue weighted by Gasteiger charge is 2.33. The van der Waals surface area contributed by atoms with Crippen LogP contribution in [0, 0.1) is 0 Å². The van der Waals surface area contributed by atoms with Crippen molar-refractivity contribution >= 4 is 5.69 Å². The number of nitrogens with two attached hydrogens (primary N) is 1. The van der Waals surface area contributed by atoms with Gasteiger partial charge in [-0.2, -0.15) is 0 Å². The fourth-order valence-electron chi connectivity index (χ4n) is 6.13. The topological polar surface area (TPSA) is 66.7 Å². The Bertz CT molecular complexity index is 955. The molecule has 0 amide bonds. The second-order valence-corrected chi connectivity index (χ2v) is 10.4. The fourth-order valence-corrected chi connectivity index (χ4v) is 6.13. The van der Waals surface area contributed by atoms with Crippen molar-refractivity contribution in [3.63, 3.8) is 0 Å². The van der Waals surface area contributed by atoms with Gasteiger partial charge in [-0.25, -0.2) is 0 Å². The summed E-state index contributed by atoms with van der Waals surface area (Å²) in [6.07, 6.45) is 8.58. The lowest BCUT2D eigenvalue weighted by Crippen LogP contribution is -2.53. The summed E-state index contributed by atoms with van der Waals surface area (Å²) in [6.45, 7) is 4.62. The zero-order valence-corrected chi connectivity index (χ0v) is 20.2. The number of aryl methyl sites for hydroxylation is 1. The number of hydrogen-bond donors (Lipinski definition) is 2. The second-order valence-electron chi connectivity index (χ2n) is 10.4. The molecule has 0 radical (unpaired) electrons. The van der Waals surface area contributed by atoms with Gasteiger partial charge in [-0.1, -0.05) is 18.2 Å². The number of aromatic nitrogens is 1. The Hall–Kier alpha value is -1.99. The molecule has 1 aromatic heterocycles. The molecule has 0 unspecified atom stereocenters. The Balaban J connectivity index is 1.28. The maximum Gasteiger partial charge on any atom is 0.0643 e. The number of likely N-dealkylation sites (N-methyl/N-ethyl adjacent to an activating group) is 1.